The maximum absolute atomic E-state index is 12.8. The molecule has 0 unspecified atom stereocenters. The Morgan fingerprint density at radius 2 is 1.53 bits per heavy atom. The van der Waals surface area contributed by atoms with Crippen molar-refractivity contribution in [2.24, 2.45) is 5.92 Å². The van der Waals surface area contributed by atoms with Gasteiger partial charge in [-0.2, -0.15) is 0 Å². The molecule has 0 saturated heterocycles. The molecule has 1 aromatic rings. The van der Waals surface area contributed by atoms with E-state index < -0.39 is 30.1 Å². The third-order valence-electron chi connectivity index (χ3n) is 5.79. The van der Waals surface area contributed by atoms with Crippen LogP contribution >= 0.6 is 0 Å². The van der Waals surface area contributed by atoms with Gasteiger partial charge in [-0.15, -0.1) is 0 Å². The highest BCUT2D eigenvalue weighted by Crippen LogP contribution is 2.12. The van der Waals surface area contributed by atoms with Crippen molar-refractivity contribution in [2.75, 3.05) is 11.9 Å². The van der Waals surface area contributed by atoms with Crippen LogP contribution < -0.4 is 16.0 Å². The topological polar surface area (TPSA) is 171 Å². The second kappa shape index (κ2) is 14.5. The molecule has 0 fully saturated rings. The lowest BCUT2D eigenvalue weighted by Crippen LogP contribution is -2.53. The van der Waals surface area contributed by atoms with Crippen LogP contribution in [0.15, 0.2) is 36.4 Å². The average molecular weight is 531 g/mol. The Labute approximate surface area is 220 Å². The van der Waals surface area contributed by atoms with E-state index in [-0.39, 0.29) is 36.7 Å². The van der Waals surface area contributed by atoms with Crippen LogP contribution in [0.5, 0.6) is 0 Å². The van der Waals surface area contributed by atoms with Gasteiger partial charge >= 0.3 is 6.16 Å². The molecule has 0 radical (unpaired) electrons. The molecule has 0 spiro atoms. The lowest BCUT2D eigenvalue weighted by atomic mass is 10.0. The minimum atomic E-state index is -1.38. The van der Waals surface area contributed by atoms with Crippen molar-refractivity contribution >= 4 is 41.4 Å². The Balaban J connectivity index is 1.75. The molecule has 5 amide bonds. The summed E-state index contributed by atoms with van der Waals surface area (Å²) >= 11 is 0. The highest BCUT2D eigenvalue weighted by atomic mass is 16.7. The highest BCUT2D eigenvalue weighted by Gasteiger charge is 2.27. The smallest absolute Gasteiger partial charge is 0.450 e. The predicted octanol–water partition coefficient (Wildman–Crippen LogP) is 1.95. The van der Waals surface area contributed by atoms with Crippen LogP contribution in [0.1, 0.15) is 52.0 Å². The van der Waals surface area contributed by atoms with Crippen LogP contribution in [0.3, 0.4) is 0 Å². The van der Waals surface area contributed by atoms with Crippen molar-refractivity contribution < 1.29 is 38.6 Å². The first-order chi connectivity index (χ1) is 18.0. The van der Waals surface area contributed by atoms with Crippen molar-refractivity contribution in [1.82, 2.24) is 15.5 Å². The molecular weight excluding hydrogens is 496 g/mol. The predicted molar refractivity (Wildman–Crippen MR) is 137 cm³/mol. The van der Waals surface area contributed by atoms with Gasteiger partial charge in [-0.3, -0.25) is 28.9 Å². The molecule has 2 atom stereocenters. The second-order valence-corrected chi connectivity index (χ2v) is 9.23. The summed E-state index contributed by atoms with van der Waals surface area (Å²) in [6.45, 7) is 5.27. The number of carbonyl (C=O) groups excluding carboxylic acids is 5. The molecule has 0 bridgehead atoms. The van der Waals surface area contributed by atoms with Gasteiger partial charge < -0.3 is 25.8 Å². The molecule has 4 N–H and O–H groups in total. The van der Waals surface area contributed by atoms with Crippen molar-refractivity contribution in [1.29, 1.82) is 0 Å². The molecule has 0 aromatic heterocycles. The van der Waals surface area contributed by atoms with E-state index in [1.54, 1.807) is 38.1 Å². The number of hydrogen-bond acceptors (Lipinski definition) is 7. The van der Waals surface area contributed by atoms with E-state index in [1.165, 1.54) is 19.1 Å². The molecule has 0 aliphatic carbocycles. The SMILES string of the molecule is CC(C)[C@H](NC(=O)CCCCCN1C(=O)C=CC1=O)C(=O)N[C@@H](C)C(=O)Nc1ccc(COC(=O)O)cc1. The third kappa shape index (κ3) is 9.68. The van der Waals surface area contributed by atoms with Gasteiger partial charge in [-0.25, -0.2) is 4.79 Å². The van der Waals surface area contributed by atoms with Gasteiger partial charge in [-0.05, 0) is 43.4 Å². The number of rotatable bonds is 14. The molecule has 2 rings (SSSR count). The lowest BCUT2D eigenvalue weighted by molar-refractivity contribution is -0.137. The molecule has 38 heavy (non-hydrogen) atoms. The number of carboxylic acid groups (broad SMARTS) is 1. The van der Waals surface area contributed by atoms with Gasteiger partial charge in [0.2, 0.25) is 17.7 Å². The number of nitrogens with zero attached hydrogens (tertiary/aromatic N) is 1. The zero-order valence-corrected chi connectivity index (χ0v) is 21.7. The summed E-state index contributed by atoms with van der Waals surface area (Å²) in [4.78, 5) is 72.5. The standard InChI is InChI=1S/C26H34N4O8/c1-16(2)23(29-20(31)7-5-4-6-14-30-21(32)12-13-22(30)33)25(35)27-17(3)24(34)28-19-10-8-18(9-11-19)15-38-26(36)37/h8-13,16-17,23H,4-7,14-15H2,1-3H3,(H,27,35)(H,28,34)(H,29,31)(H,36,37)/t17-,23-/m0/s1. The molecule has 0 saturated carbocycles. The van der Waals surface area contributed by atoms with Gasteiger partial charge in [-0.1, -0.05) is 32.4 Å². The summed E-state index contributed by atoms with van der Waals surface area (Å²) in [7, 11) is 0. The van der Waals surface area contributed by atoms with Gasteiger partial charge in [0, 0.05) is 30.8 Å². The third-order valence-corrected chi connectivity index (χ3v) is 5.79. The Kier molecular flexibility index (Phi) is 11.5. The molecule has 1 aliphatic heterocycles. The lowest BCUT2D eigenvalue weighted by Gasteiger charge is -2.24. The van der Waals surface area contributed by atoms with Gasteiger partial charge in [0.05, 0.1) is 0 Å². The summed E-state index contributed by atoms with van der Waals surface area (Å²) in [5, 5.41) is 16.6. The van der Waals surface area contributed by atoms with E-state index in [4.69, 9.17) is 5.11 Å². The van der Waals surface area contributed by atoms with E-state index in [0.29, 0.717) is 37.1 Å². The van der Waals surface area contributed by atoms with Gasteiger partial charge in [0.1, 0.15) is 18.7 Å². The van der Waals surface area contributed by atoms with Crippen LogP contribution in [0.2, 0.25) is 0 Å². The zero-order chi connectivity index (χ0) is 28.2. The summed E-state index contributed by atoms with van der Waals surface area (Å²) < 4.78 is 4.48. The molecule has 1 aromatic carbocycles. The van der Waals surface area contributed by atoms with Gasteiger partial charge in [0.15, 0.2) is 0 Å². The molecule has 12 nitrogen and oxygen atoms in total. The maximum atomic E-state index is 12.8. The number of ether oxygens (including phenoxy) is 1. The van der Waals surface area contributed by atoms with Crippen LogP contribution in [0.4, 0.5) is 10.5 Å². The monoisotopic (exact) mass is 530 g/mol. The largest absolute Gasteiger partial charge is 0.506 e. The Bertz CT molecular complexity index is 1050. The van der Waals surface area contributed by atoms with E-state index >= 15 is 0 Å². The zero-order valence-electron chi connectivity index (χ0n) is 21.7. The fraction of sp³-hybridized carbons (Fsp3) is 0.462. The number of imide groups is 1. The van der Waals surface area contributed by atoms with Crippen LogP contribution in [-0.2, 0) is 35.3 Å². The van der Waals surface area contributed by atoms with E-state index in [1.807, 2.05) is 0 Å². The number of carbonyl (C=O) groups is 6. The van der Waals surface area contributed by atoms with Crippen molar-refractivity contribution in [3.05, 3.63) is 42.0 Å². The van der Waals surface area contributed by atoms with Crippen LogP contribution in [0.25, 0.3) is 0 Å². The first-order valence-corrected chi connectivity index (χ1v) is 12.4. The molecule has 1 heterocycles. The molecular formula is C26H34N4O8. The first kappa shape index (κ1) is 30.0. The quantitative estimate of drug-likeness (QED) is 0.161. The fourth-order valence-electron chi connectivity index (χ4n) is 3.61. The molecule has 12 heteroatoms. The first-order valence-electron chi connectivity index (χ1n) is 12.4. The number of nitrogens with one attached hydrogen (secondary N) is 3. The minimum Gasteiger partial charge on any atom is -0.450 e. The number of unbranched alkanes of at least 4 members (excludes halogenated alkanes) is 2. The average Bonchev–Trinajstić information content (AvgIpc) is 3.18. The Hall–Kier alpha value is -4.22. The van der Waals surface area contributed by atoms with Crippen LogP contribution in [0, 0.1) is 5.92 Å². The Morgan fingerprint density at radius 1 is 0.895 bits per heavy atom. The number of hydrogen-bond donors (Lipinski definition) is 4. The second-order valence-electron chi connectivity index (χ2n) is 9.23. The number of amides is 5. The summed E-state index contributed by atoms with van der Waals surface area (Å²) in [5.74, 6) is -2.15. The molecule has 1 aliphatic rings. The van der Waals surface area contributed by atoms with Crippen LogP contribution in [-0.4, -0.2) is 64.3 Å². The normalized spacial score (nSPS) is 14.3. The Morgan fingerprint density at radius 3 is 2.11 bits per heavy atom. The number of anilines is 1. The fourth-order valence-corrected chi connectivity index (χ4v) is 3.61. The van der Waals surface area contributed by atoms with E-state index in [0.717, 1.165) is 4.90 Å². The minimum absolute atomic E-state index is 0.114. The maximum Gasteiger partial charge on any atom is 0.506 e. The van der Waals surface area contributed by atoms with Crippen molar-refractivity contribution in [2.45, 2.75) is 65.1 Å². The number of benzene rings is 1. The summed E-state index contributed by atoms with van der Waals surface area (Å²) in [5.41, 5.74) is 1.06. The summed E-state index contributed by atoms with van der Waals surface area (Å²) in [6.07, 6.45) is 3.00. The molecule has 206 valence electrons. The van der Waals surface area contributed by atoms with E-state index in [9.17, 15) is 28.8 Å². The summed E-state index contributed by atoms with van der Waals surface area (Å²) in [6, 6.07) is 4.66. The highest BCUT2D eigenvalue weighted by molar-refractivity contribution is 6.12. The van der Waals surface area contributed by atoms with Gasteiger partial charge in [0.25, 0.3) is 11.8 Å². The van der Waals surface area contributed by atoms with E-state index in [2.05, 4.69) is 20.7 Å². The van der Waals surface area contributed by atoms with Crippen molar-refractivity contribution in [3.63, 3.8) is 0 Å². The van der Waals surface area contributed by atoms with Crippen molar-refractivity contribution in [3.8, 4) is 0 Å².